The summed E-state index contributed by atoms with van der Waals surface area (Å²) in [5, 5.41) is 16.8. The molecule has 154 valence electrons. The number of aliphatic hydroxyl groups is 1. The zero-order valence-electron chi connectivity index (χ0n) is 16.9. The van der Waals surface area contributed by atoms with Crippen molar-refractivity contribution in [1.82, 2.24) is 5.32 Å². The summed E-state index contributed by atoms with van der Waals surface area (Å²) in [4.78, 5) is 24.8. The highest BCUT2D eigenvalue weighted by atomic mass is 16.5. The molecule has 1 atom stereocenters. The monoisotopic (exact) mass is 396 g/mol. The maximum absolute atomic E-state index is 12.4. The highest BCUT2D eigenvalue weighted by Gasteiger charge is 2.39. The van der Waals surface area contributed by atoms with E-state index in [1.54, 1.807) is 6.07 Å². The number of hydrogen-bond acceptors (Lipinski definition) is 4. The second kappa shape index (κ2) is 9.20. The second-order valence-corrected chi connectivity index (χ2v) is 7.56. The van der Waals surface area contributed by atoms with Crippen LogP contribution in [0.15, 0.2) is 48.5 Å². The number of nitrogens with one attached hydrogen (secondary N) is 2. The molecule has 1 fully saturated rings. The van der Waals surface area contributed by atoms with Gasteiger partial charge in [0.25, 0.3) is 0 Å². The van der Waals surface area contributed by atoms with Gasteiger partial charge in [0.05, 0.1) is 6.54 Å². The number of carbonyl (C=O) groups excluding carboxylic acids is 2. The van der Waals surface area contributed by atoms with Gasteiger partial charge in [-0.25, -0.2) is 0 Å². The molecule has 2 aromatic carbocycles. The van der Waals surface area contributed by atoms with Crippen molar-refractivity contribution < 1.29 is 19.4 Å². The first-order valence-corrected chi connectivity index (χ1v) is 9.93. The SMILES string of the molecule is Cc1cccc(NC(=O)C(=O)NCC(O)(c2ccccc2)C2CCOCC2)c1C. The Hall–Kier alpha value is -2.70. The van der Waals surface area contributed by atoms with Gasteiger partial charge in [0.15, 0.2) is 0 Å². The van der Waals surface area contributed by atoms with Crippen LogP contribution in [0, 0.1) is 19.8 Å². The molecular formula is C23H28N2O4. The van der Waals surface area contributed by atoms with Crippen molar-refractivity contribution in [3.05, 3.63) is 65.2 Å². The average Bonchev–Trinajstić information content (AvgIpc) is 2.76. The highest BCUT2D eigenvalue weighted by molar-refractivity contribution is 6.39. The normalized spacial score (nSPS) is 16.7. The Balaban J connectivity index is 1.71. The van der Waals surface area contributed by atoms with Crippen molar-refractivity contribution in [3.63, 3.8) is 0 Å². The highest BCUT2D eigenvalue weighted by Crippen LogP contribution is 2.35. The van der Waals surface area contributed by atoms with Gasteiger partial charge < -0.3 is 20.5 Å². The molecule has 1 aliphatic rings. The summed E-state index contributed by atoms with van der Waals surface area (Å²) >= 11 is 0. The number of anilines is 1. The standard InChI is InChI=1S/C23H28N2O4/c1-16-7-6-10-20(17(16)2)25-22(27)21(26)24-15-23(28,18-8-4-3-5-9-18)19-11-13-29-14-12-19/h3-10,19,28H,11-15H2,1-2H3,(H,24,26)(H,25,27). The van der Waals surface area contributed by atoms with Crippen LogP contribution < -0.4 is 10.6 Å². The zero-order chi connectivity index (χ0) is 20.9. The Morgan fingerprint density at radius 2 is 1.72 bits per heavy atom. The quantitative estimate of drug-likeness (QED) is 0.678. The van der Waals surface area contributed by atoms with Crippen LogP contribution in [0.1, 0.15) is 29.5 Å². The first-order chi connectivity index (χ1) is 13.9. The molecule has 0 aromatic heterocycles. The number of benzene rings is 2. The van der Waals surface area contributed by atoms with E-state index in [2.05, 4.69) is 10.6 Å². The van der Waals surface area contributed by atoms with Crippen LogP contribution in [0.2, 0.25) is 0 Å². The van der Waals surface area contributed by atoms with Crippen LogP contribution in [0.5, 0.6) is 0 Å². The maximum Gasteiger partial charge on any atom is 0.313 e. The third-order valence-electron chi connectivity index (χ3n) is 5.75. The number of ether oxygens (including phenoxy) is 1. The molecule has 1 saturated heterocycles. The largest absolute Gasteiger partial charge is 0.383 e. The van der Waals surface area contributed by atoms with Gasteiger partial charge in [-0.1, -0.05) is 42.5 Å². The molecule has 0 radical (unpaired) electrons. The first kappa shape index (κ1) is 21.0. The van der Waals surface area contributed by atoms with Gasteiger partial charge in [-0.2, -0.15) is 0 Å². The lowest BCUT2D eigenvalue weighted by Crippen LogP contribution is -2.49. The van der Waals surface area contributed by atoms with Gasteiger partial charge in [-0.05, 0) is 55.4 Å². The van der Waals surface area contributed by atoms with Gasteiger partial charge in [0, 0.05) is 18.9 Å². The van der Waals surface area contributed by atoms with Crippen molar-refractivity contribution in [1.29, 1.82) is 0 Å². The third kappa shape index (κ3) is 4.83. The predicted molar refractivity (Wildman–Crippen MR) is 111 cm³/mol. The second-order valence-electron chi connectivity index (χ2n) is 7.56. The van der Waals surface area contributed by atoms with Crippen molar-refractivity contribution in [2.24, 2.45) is 5.92 Å². The van der Waals surface area contributed by atoms with Gasteiger partial charge in [-0.15, -0.1) is 0 Å². The number of carbonyl (C=O) groups is 2. The van der Waals surface area contributed by atoms with E-state index < -0.39 is 17.4 Å². The lowest BCUT2D eigenvalue weighted by molar-refractivity contribution is -0.137. The number of rotatable bonds is 5. The molecule has 6 nitrogen and oxygen atoms in total. The van der Waals surface area contributed by atoms with Gasteiger partial charge >= 0.3 is 11.8 Å². The lowest BCUT2D eigenvalue weighted by Gasteiger charge is -2.39. The van der Waals surface area contributed by atoms with Crippen LogP contribution in [0.4, 0.5) is 5.69 Å². The van der Waals surface area contributed by atoms with E-state index in [4.69, 9.17) is 4.74 Å². The molecule has 0 spiro atoms. The summed E-state index contributed by atoms with van der Waals surface area (Å²) in [5.41, 5.74) is 2.01. The summed E-state index contributed by atoms with van der Waals surface area (Å²) in [6, 6.07) is 14.8. The van der Waals surface area contributed by atoms with Crippen LogP contribution in [0.25, 0.3) is 0 Å². The van der Waals surface area contributed by atoms with Gasteiger partial charge in [-0.3, -0.25) is 9.59 Å². The summed E-state index contributed by atoms with van der Waals surface area (Å²) in [6.45, 7) is 4.93. The summed E-state index contributed by atoms with van der Waals surface area (Å²) < 4.78 is 5.42. The smallest absolute Gasteiger partial charge is 0.313 e. The lowest BCUT2D eigenvalue weighted by atomic mass is 9.77. The molecule has 0 saturated carbocycles. The molecule has 2 amide bonds. The first-order valence-electron chi connectivity index (χ1n) is 9.93. The number of aryl methyl sites for hydroxylation is 1. The third-order valence-corrected chi connectivity index (χ3v) is 5.75. The minimum atomic E-state index is -1.26. The molecule has 29 heavy (non-hydrogen) atoms. The molecule has 1 heterocycles. The summed E-state index contributed by atoms with van der Waals surface area (Å²) in [7, 11) is 0. The van der Waals surface area contributed by atoms with Crippen molar-refractivity contribution in [3.8, 4) is 0 Å². The molecule has 0 aliphatic carbocycles. The molecule has 6 heteroatoms. The van der Waals surface area contributed by atoms with E-state index in [1.165, 1.54) is 0 Å². The number of hydrogen-bond donors (Lipinski definition) is 3. The Kier molecular flexibility index (Phi) is 6.67. The summed E-state index contributed by atoms with van der Waals surface area (Å²) in [6.07, 6.45) is 1.38. The zero-order valence-corrected chi connectivity index (χ0v) is 16.9. The summed E-state index contributed by atoms with van der Waals surface area (Å²) in [5.74, 6) is -1.59. The van der Waals surface area contributed by atoms with E-state index in [0.29, 0.717) is 31.7 Å². The minimum Gasteiger partial charge on any atom is -0.383 e. The van der Waals surface area contributed by atoms with E-state index in [9.17, 15) is 14.7 Å². The van der Waals surface area contributed by atoms with Crippen LogP contribution in [-0.4, -0.2) is 36.7 Å². The van der Waals surface area contributed by atoms with Crippen molar-refractivity contribution in [2.75, 3.05) is 25.1 Å². The number of amides is 2. The van der Waals surface area contributed by atoms with E-state index in [-0.39, 0.29) is 12.5 Å². The Morgan fingerprint density at radius 3 is 2.41 bits per heavy atom. The van der Waals surface area contributed by atoms with Crippen LogP contribution >= 0.6 is 0 Å². The van der Waals surface area contributed by atoms with Crippen molar-refractivity contribution in [2.45, 2.75) is 32.3 Å². The van der Waals surface area contributed by atoms with Crippen LogP contribution in [0.3, 0.4) is 0 Å². The molecule has 2 aromatic rings. The van der Waals surface area contributed by atoms with Gasteiger partial charge in [0.1, 0.15) is 5.60 Å². The average molecular weight is 396 g/mol. The van der Waals surface area contributed by atoms with Gasteiger partial charge in [0.2, 0.25) is 0 Å². The molecule has 3 rings (SSSR count). The molecular weight excluding hydrogens is 368 g/mol. The van der Waals surface area contributed by atoms with E-state index in [1.807, 2.05) is 56.3 Å². The fourth-order valence-corrected chi connectivity index (χ4v) is 3.74. The van der Waals surface area contributed by atoms with E-state index >= 15 is 0 Å². The Morgan fingerprint density at radius 1 is 1.03 bits per heavy atom. The van der Waals surface area contributed by atoms with Crippen LogP contribution in [-0.2, 0) is 19.9 Å². The Labute approximate surface area is 171 Å². The minimum absolute atomic E-state index is 0.0409. The predicted octanol–water partition coefficient (Wildman–Crippen LogP) is 2.67. The molecule has 3 N–H and O–H groups in total. The van der Waals surface area contributed by atoms with Crippen molar-refractivity contribution >= 4 is 17.5 Å². The fourth-order valence-electron chi connectivity index (χ4n) is 3.74. The molecule has 0 bridgehead atoms. The molecule has 1 aliphatic heterocycles. The molecule has 1 unspecified atom stereocenters. The Bertz CT molecular complexity index is 862. The topological polar surface area (TPSA) is 87.7 Å². The van der Waals surface area contributed by atoms with E-state index in [0.717, 1.165) is 16.7 Å². The fraction of sp³-hybridized carbons (Fsp3) is 0.391. The maximum atomic E-state index is 12.4.